The van der Waals surface area contributed by atoms with E-state index in [0.29, 0.717) is 37.7 Å². The molecule has 0 atom stereocenters. The first kappa shape index (κ1) is 11.7. The van der Waals surface area contributed by atoms with E-state index in [2.05, 4.69) is 10.7 Å². The topological polar surface area (TPSA) is 79.6 Å². The summed E-state index contributed by atoms with van der Waals surface area (Å²) in [7, 11) is 0. The Morgan fingerprint density at radius 1 is 1.24 bits per heavy atom. The van der Waals surface area contributed by atoms with Gasteiger partial charge in [-0.05, 0) is 24.3 Å². The van der Waals surface area contributed by atoms with Crippen molar-refractivity contribution in [1.82, 2.24) is 10.4 Å². The molecule has 0 bridgehead atoms. The molecule has 0 unspecified atom stereocenters. The highest BCUT2D eigenvalue weighted by Crippen LogP contribution is 2.10. The summed E-state index contributed by atoms with van der Waals surface area (Å²) < 4.78 is 5.19. The van der Waals surface area contributed by atoms with Crippen LogP contribution < -0.4 is 16.5 Å². The van der Waals surface area contributed by atoms with Crippen molar-refractivity contribution in [2.75, 3.05) is 37.4 Å². The number of nitrogens with two attached hydrogens (primary N) is 1. The van der Waals surface area contributed by atoms with Gasteiger partial charge in [0.2, 0.25) is 0 Å². The van der Waals surface area contributed by atoms with Crippen LogP contribution in [-0.2, 0) is 4.74 Å². The second-order valence-corrected chi connectivity index (χ2v) is 3.79. The molecule has 0 saturated carbocycles. The van der Waals surface area contributed by atoms with Crippen LogP contribution in [0.3, 0.4) is 0 Å². The van der Waals surface area contributed by atoms with Gasteiger partial charge in [0, 0.05) is 24.5 Å². The third-order valence-electron chi connectivity index (χ3n) is 2.44. The molecule has 6 nitrogen and oxygen atoms in total. The van der Waals surface area contributed by atoms with Gasteiger partial charge in [-0.15, -0.1) is 0 Å². The molecule has 1 saturated heterocycles. The number of nitrogens with zero attached hydrogens (tertiary/aromatic N) is 1. The first-order valence-corrected chi connectivity index (χ1v) is 5.50. The summed E-state index contributed by atoms with van der Waals surface area (Å²) in [5, 5.41) is 4.56. The number of morpholine rings is 1. The molecular weight excluding hydrogens is 220 g/mol. The first-order chi connectivity index (χ1) is 8.24. The average molecular weight is 236 g/mol. The zero-order valence-corrected chi connectivity index (χ0v) is 9.48. The van der Waals surface area contributed by atoms with Gasteiger partial charge in [0.15, 0.2) is 0 Å². The monoisotopic (exact) mass is 236 g/mol. The lowest BCUT2D eigenvalue weighted by Crippen LogP contribution is -2.49. The second kappa shape index (κ2) is 5.51. The smallest absolute Gasteiger partial charge is 0.333 e. The SMILES string of the molecule is Nc1ccc(NC(=O)NN2CCOCC2)cc1. The highest BCUT2D eigenvalue weighted by atomic mass is 16.5. The van der Waals surface area contributed by atoms with Gasteiger partial charge in [0.25, 0.3) is 0 Å². The molecule has 2 amide bonds. The van der Waals surface area contributed by atoms with Crippen molar-refractivity contribution in [2.45, 2.75) is 0 Å². The van der Waals surface area contributed by atoms with Crippen LogP contribution in [-0.4, -0.2) is 37.3 Å². The van der Waals surface area contributed by atoms with Crippen molar-refractivity contribution in [2.24, 2.45) is 0 Å². The number of nitrogens with one attached hydrogen (secondary N) is 2. The number of hydrazine groups is 1. The maximum atomic E-state index is 11.6. The number of ether oxygens (including phenoxy) is 1. The average Bonchev–Trinajstić information content (AvgIpc) is 2.33. The minimum absolute atomic E-state index is 0.253. The number of rotatable bonds is 2. The first-order valence-electron chi connectivity index (χ1n) is 5.50. The lowest BCUT2D eigenvalue weighted by atomic mass is 10.3. The van der Waals surface area contributed by atoms with Crippen molar-refractivity contribution in [1.29, 1.82) is 0 Å². The normalized spacial score (nSPS) is 16.5. The minimum Gasteiger partial charge on any atom is -0.399 e. The van der Waals surface area contributed by atoms with Gasteiger partial charge in [-0.3, -0.25) is 5.43 Å². The standard InChI is InChI=1S/C11H16N4O2/c12-9-1-3-10(4-2-9)13-11(16)14-15-5-7-17-8-6-15/h1-4H,5-8,12H2,(H2,13,14,16). The quantitative estimate of drug-likeness (QED) is 0.658. The van der Waals surface area contributed by atoms with E-state index in [1.54, 1.807) is 24.3 Å². The summed E-state index contributed by atoms with van der Waals surface area (Å²) in [5.41, 5.74) is 9.69. The predicted molar refractivity (Wildman–Crippen MR) is 65.4 cm³/mol. The fourth-order valence-corrected chi connectivity index (χ4v) is 1.54. The molecule has 1 aliphatic heterocycles. The van der Waals surface area contributed by atoms with Crippen LogP contribution in [0, 0.1) is 0 Å². The van der Waals surface area contributed by atoms with Crippen LogP contribution in [0.4, 0.5) is 16.2 Å². The zero-order chi connectivity index (χ0) is 12.1. The van der Waals surface area contributed by atoms with Crippen molar-refractivity contribution in [3.05, 3.63) is 24.3 Å². The van der Waals surface area contributed by atoms with Crippen LogP contribution in [0.1, 0.15) is 0 Å². The summed E-state index contributed by atoms with van der Waals surface area (Å²) in [4.78, 5) is 11.6. The second-order valence-electron chi connectivity index (χ2n) is 3.79. The van der Waals surface area contributed by atoms with Gasteiger partial charge >= 0.3 is 6.03 Å². The molecule has 1 heterocycles. The van der Waals surface area contributed by atoms with Crippen LogP contribution in [0.5, 0.6) is 0 Å². The largest absolute Gasteiger partial charge is 0.399 e. The maximum Gasteiger partial charge on any atom is 0.333 e. The number of carbonyl (C=O) groups excluding carboxylic acids is 1. The highest BCUT2D eigenvalue weighted by Gasteiger charge is 2.12. The van der Waals surface area contributed by atoms with E-state index in [-0.39, 0.29) is 6.03 Å². The van der Waals surface area contributed by atoms with E-state index in [0.717, 1.165) is 0 Å². The Balaban J connectivity index is 1.82. The summed E-state index contributed by atoms with van der Waals surface area (Å²) in [6, 6.07) is 6.74. The Morgan fingerprint density at radius 3 is 2.53 bits per heavy atom. The Kier molecular flexibility index (Phi) is 3.79. The number of hydrogen-bond acceptors (Lipinski definition) is 4. The Hall–Kier alpha value is -1.79. The third-order valence-corrected chi connectivity index (χ3v) is 2.44. The van der Waals surface area contributed by atoms with Crippen LogP contribution in [0.15, 0.2) is 24.3 Å². The molecule has 1 fully saturated rings. The van der Waals surface area contributed by atoms with Gasteiger partial charge in [-0.25, -0.2) is 9.80 Å². The molecule has 1 aromatic carbocycles. The predicted octanol–water partition coefficient (Wildman–Crippen LogP) is 0.637. The van der Waals surface area contributed by atoms with Crippen molar-refractivity contribution < 1.29 is 9.53 Å². The maximum absolute atomic E-state index is 11.6. The molecule has 0 radical (unpaired) electrons. The molecule has 0 aliphatic carbocycles. The van der Waals surface area contributed by atoms with E-state index < -0.39 is 0 Å². The Labute approximate surface area is 99.7 Å². The molecule has 2 rings (SSSR count). The number of nitrogen functional groups attached to an aromatic ring is 1. The number of amides is 2. The molecule has 1 aliphatic rings. The summed E-state index contributed by atoms with van der Waals surface area (Å²) in [6.45, 7) is 2.69. The minimum atomic E-state index is -0.253. The Morgan fingerprint density at radius 2 is 1.88 bits per heavy atom. The van der Waals surface area contributed by atoms with Gasteiger partial charge in [0.1, 0.15) is 0 Å². The van der Waals surface area contributed by atoms with Crippen molar-refractivity contribution in [3.63, 3.8) is 0 Å². The number of urea groups is 1. The van der Waals surface area contributed by atoms with Gasteiger partial charge in [0.05, 0.1) is 13.2 Å². The lowest BCUT2D eigenvalue weighted by Gasteiger charge is -2.26. The fourth-order valence-electron chi connectivity index (χ4n) is 1.54. The molecule has 0 aromatic heterocycles. The van der Waals surface area contributed by atoms with Crippen molar-refractivity contribution in [3.8, 4) is 0 Å². The molecule has 17 heavy (non-hydrogen) atoms. The van der Waals surface area contributed by atoms with Crippen LogP contribution in [0.2, 0.25) is 0 Å². The highest BCUT2D eigenvalue weighted by molar-refractivity contribution is 5.89. The molecule has 6 heteroatoms. The third kappa shape index (κ3) is 3.61. The van der Waals surface area contributed by atoms with Crippen LogP contribution >= 0.6 is 0 Å². The summed E-state index contributed by atoms with van der Waals surface area (Å²) in [5.74, 6) is 0. The molecule has 92 valence electrons. The number of hydrogen-bond donors (Lipinski definition) is 3. The molecule has 0 spiro atoms. The van der Waals surface area contributed by atoms with E-state index >= 15 is 0 Å². The van der Waals surface area contributed by atoms with Crippen molar-refractivity contribution >= 4 is 17.4 Å². The van der Waals surface area contributed by atoms with E-state index in [9.17, 15) is 4.79 Å². The summed E-state index contributed by atoms with van der Waals surface area (Å²) >= 11 is 0. The van der Waals surface area contributed by atoms with Crippen LogP contribution in [0.25, 0.3) is 0 Å². The number of benzene rings is 1. The number of carbonyl (C=O) groups is 1. The molecular formula is C11H16N4O2. The zero-order valence-electron chi connectivity index (χ0n) is 9.48. The Bertz CT molecular complexity index is 374. The van der Waals surface area contributed by atoms with Gasteiger partial charge in [-0.1, -0.05) is 0 Å². The molecule has 1 aromatic rings. The van der Waals surface area contributed by atoms with Gasteiger partial charge in [-0.2, -0.15) is 0 Å². The van der Waals surface area contributed by atoms with Gasteiger partial charge < -0.3 is 15.8 Å². The van der Waals surface area contributed by atoms with E-state index in [1.165, 1.54) is 0 Å². The van der Waals surface area contributed by atoms with E-state index in [4.69, 9.17) is 10.5 Å². The summed E-state index contributed by atoms with van der Waals surface area (Å²) in [6.07, 6.45) is 0. The fraction of sp³-hybridized carbons (Fsp3) is 0.364. The lowest BCUT2D eigenvalue weighted by molar-refractivity contribution is 0.0207. The molecule has 4 N–H and O–H groups in total. The number of anilines is 2. The van der Waals surface area contributed by atoms with E-state index in [1.807, 2.05) is 5.01 Å².